The molecule has 0 radical (unpaired) electrons. The number of nitriles is 1. The van der Waals surface area contributed by atoms with Gasteiger partial charge in [-0.2, -0.15) is 5.26 Å². The number of allylic oxidation sites excluding steroid dienone is 2. The summed E-state index contributed by atoms with van der Waals surface area (Å²) in [4.78, 5) is 26.2. The average Bonchev–Trinajstić information content (AvgIpc) is 2.65. The van der Waals surface area contributed by atoms with E-state index in [1.807, 2.05) is 38.3 Å². The molecule has 0 fully saturated rings. The molecule has 5 heteroatoms. The zero-order valence-corrected chi connectivity index (χ0v) is 15.2. The van der Waals surface area contributed by atoms with Gasteiger partial charge in [0.25, 0.3) is 0 Å². The highest BCUT2D eigenvalue weighted by Gasteiger charge is 2.54. The maximum absolute atomic E-state index is 12.7. The molecule has 4 rings (SSSR count). The fourth-order valence-electron chi connectivity index (χ4n) is 4.69. The summed E-state index contributed by atoms with van der Waals surface area (Å²) in [6.45, 7) is 6.02. The van der Waals surface area contributed by atoms with Crippen molar-refractivity contribution in [2.75, 3.05) is 0 Å². The van der Waals surface area contributed by atoms with Crippen molar-refractivity contribution in [1.29, 1.82) is 5.26 Å². The van der Waals surface area contributed by atoms with Crippen LogP contribution in [0.25, 0.3) is 11.4 Å². The molecule has 0 unspecified atom stereocenters. The summed E-state index contributed by atoms with van der Waals surface area (Å²) in [5.41, 5.74) is 2.13. The molecule has 2 aliphatic rings. The first-order valence-corrected chi connectivity index (χ1v) is 8.82. The number of rotatable bonds is 1. The van der Waals surface area contributed by atoms with Gasteiger partial charge in [-0.25, -0.2) is 9.97 Å². The molecule has 2 heterocycles. The van der Waals surface area contributed by atoms with Crippen LogP contribution in [-0.2, 0) is 16.6 Å². The van der Waals surface area contributed by atoms with Gasteiger partial charge >= 0.3 is 0 Å². The van der Waals surface area contributed by atoms with E-state index in [2.05, 4.69) is 23.0 Å². The monoisotopic (exact) mass is 344 g/mol. The Morgan fingerprint density at radius 1 is 1.23 bits per heavy atom. The van der Waals surface area contributed by atoms with Crippen LogP contribution < -0.4 is 0 Å². The number of ketones is 1. The standard InChI is InChI=1S/C21H20N4O/c1-20(2)16-5-4-14-12-24-19(13-6-8-23-9-7-13)25-17(14)21(16,3)10-15(11-22)18(20)26/h6-10,12,16H,4-5H2,1-3H3/t16-,21-/m0/s1. The normalized spacial score (nSPS) is 26.3. The van der Waals surface area contributed by atoms with Crippen LogP contribution in [0.2, 0.25) is 0 Å². The summed E-state index contributed by atoms with van der Waals surface area (Å²) in [6, 6.07) is 5.87. The minimum Gasteiger partial charge on any atom is -0.293 e. The lowest BCUT2D eigenvalue weighted by molar-refractivity contribution is -0.128. The van der Waals surface area contributed by atoms with E-state index in [1.54, 1.807) is 12.4 Å². The molecule has 130 valence electrons. The first-order chi connectivity index (χ1) is 12.4. The van der Waals surface area contributed by atoms with Gasteiger partial charge in [0.05, 0.1) is 11.3 Å². The van der Waals surface area contributed by atoms with Crippen LogP contribution in [-0.4, -0.2) is 20.7 Å². The van der Waals surface area contributed by atoms with E-state index in [0.29, 0.717) is 5.82 Å². The van der Waals surface area contributed by atoms with Gasteiger partial charge in [-0.3, -0.25) is 9.78 Å². The highest BCUT2D eigenvalue weighted by molar-refractivity contribution is 6.04. The van der Waals surface area contributed by atoms with Crippen LogP contribution in [0.4, 0.5) is 0 Å². The fourth-order valence-corrected chi connectivity index (χ4v) is 4.69. The van der Waals surface area contributed by atoms with Crippen LogP contribution in [0, 0.1) is 22.7 Å². The van der Waals surface area contributed by atoms with Crippen LogP contribution in [0.3, 0.4) is 0 Å². The molecule has 2 aromatic heterocycles. The molecule has 2 aliphatic carbocycles. The van der Waals surface area contributed by atoms with Crippen molar-refractivity contribution in [2.45, 2.75) is 39.0 Å². The van der Waals surface area contributed by atoms with Crippen molar-refractivity contribution in [3.63, 3.8) is 0 Å². The number of nitrogens with zero attached hydrogens (tertiary/aromatic N) is 4. The van der Waals surface area contributed by atoms with E-state index < -0.39 is 10.8 Å². The first-order valence-electron chi connectivity index (χ1n) is 8.82. The van der Waals surface area contributed by atoms with Gasteiger partial charge in [0, 0.05) is 35.0 Å². The zero-order valence-electron chi connectivity index (χ0n) is 15.2. The quantitative estimate of drug-likeness (QED) is 0.792. The Bertz CT molecular complexity index is 971. The summed E-state index contributed by atoms with van der Waals surface area (Å²) in [5.74, 6) is 0.691. The number of Topliss-reactive ketones (excluding diaryl/α,β-unsaturated/α-hetero) is 1. The summed E-state index contributed by atoms with van der Waals surface area (Å²) >= 11 is 0. The molecule has 0 bridgehead atoms. The molecule has 0 aliphatic heterocycles. The molecule has 0 saturated heterocycles. The Balaban J connectivity index is 1.94. The minimum absolute atomic E-state index is 0.0608. The third-order valence-corrected chi connectivity index (χ3v) is 6.01. The third-order valence-electron chi connectivity index (χ3n) is 6.01. The van der Waals surface area contributed by atoms with Gasteiger partial charge in [0.1, 0.15) is 6.07 Å². The van der Waals surface area contributed by atoms with Crippen LogP contribution >= 0.6 is 0 Å². The fraction of sp³-hybridized carbons (Fsp3) is 0.381. The molecule has 0 N–H and O–H groups in total. The van der Waals surface area contributed by atoms with Gasteiger partial charge < -0.3 is 0 Å². The smallest absolute Gasteiger partial charge is 0.178 e. The second-order valence-electron chi connectivity index (χ2n) is 7.90. The van der Waals surface area contributed by atoms with Crippen molar-refractivity contribution in [3.8, 4) is 17.5 Å². The van der Waals surface area contributed by atoms with E-state index >= 15 is 0 Å². The Kier molecular flexibility index (Phi) is 3.55. The van der Waals surface area contributed by atoms with Gasteiger partial charge in [0.15, 0.2) is 11.6 Å². The van der Waals surface area contributed by atoms with Gasteiger partial charge in [-0.15, -0.1) is 0 Å². The highest BCUT2D eigenvalue weighted by Crippen LogP contribution is 2.54. The Labute approximate surface area is 152 Å². The Hall–Kier alpha value is -2.87. The van der Waals surface area contributed by atoms with Crippen molar-refractivity contribution in [2.24, 2.45) is 11.3 Å². The predicted molar refractivity (Wildman–Crippen MR) is 96.9 cm³/mol. The van der Waals surface area contributed by atoms with Gasteiger partial charge in [0.2, 0.25) is 0 Å². The molecular formula is C21H20N4O. The maximum Gasteiger partial charge on any atom is 0.178 e. The summed E-state index contributed by atoms with van der Waals surface area (Å²) in [7, 11) is 0. The largest absolute Gasteiger partial charge is 0.293 e. The van der Waals surface area contributed by atoms with E-state index in [1.165, 1.54) is 0 Å². The lowest BCUT2D eigenvalue weighted by Gasteiger charge is -2.50. The molecule has 5 nitrogen and oxygen atoms in total. The number of aryl methyl sites for hydroxylation is 1. The topological polar surface area (TPSA) is 79.5 Å². The number of fused-ring (bicyclic) bond motifs is 3. The van der Waals surface area contributed by atoms with E-state index in [9.17, 15) is 10.1 Å². The minimum atomic E-state index is -0.589. The lowest BCUT2D eigenvalue weighted by Crippen LogP contribution is -2.51. The Morgan fingerprint density at radius 2 is 1.96 bits per heavy atom. The summed E-state index contributed by atoms with van der Waals surface area (Å²) < 4.78 is 0. The van der Waals surface area contributed by atoms with Crippen molar-refractivity contribution >= 4 is 5.78 Å². The molecule has 0 spiro atoms. The predicted octanol–water partition coefficient (Wildman–Crippen LogP) is 3.42. The van der Waals surface area contributed by atoms with Gasteiger partial charge in [-0.05, 0) is 36.5 Å². The first kappa shape index (κ1) is 16.6. The molecular weight excluding hydrogens is 324 g/mol. The molecule has 2 aromatic rings. The molecule has 2 atom stereocenters. The Morgan fingerprint density at radius 3 is 2.65 bits per heavy atom. The van der Waals surface area contributed by atoms with E-state index in [4.69, 9.17) is 4.98 Å². The second-order valence-corrected chi connectivity index (χ2v) is 7.90. The molecule has 0 amide bonds. The number of pyridine rings is 1. The van der Waals surface area contributed by atoms with Crippen LogP contribution in [0.5, 0.6) is 0 Å². The summed E-state index contributed by atoms with van der Waals surface area (Å²) in [6.07, 6.45) is 8.90. The number of aromatic nitrogens is 3. The van der Waals surface area contributed by atoms with Crippen molar-refractivity contribution < 1.29 is 4.79 Å². The molecule has 26 heavy (non-hydrogen) atoms. The zero-order chi connectivity index (χ0) is 18.5. The molecule has 0 saturated carbocycles. The van der Waals surface area contributed by atoms with E-state index in [0.717, 1.165) is 29.7 Å². The number of carbonyl (C=O) groups is 1. The summed E-state index contributed by atoms with van der Waals surface area (Å²) in [5, 5.41) is 9.50. The third kappa shape index (κ3) is 2.22. The number of hydrogen-bond donors (Lipinski definition) is 0. The maximum atomic E-state index is 12.7. The van der Waals surface area contributed by atoms with Crippen molar-refractivity contribution in [1.82, 2.24) is 15.0 Å². The second kappa shape index (κ2) is 5.57. The average molecular weight is 344 g/mol. The lowest BCUT2D eigenvalue weighted by atomic mass is 9.52. The number of carbonyl (C=O) groups excluding carboxylic acids is 1. The van der Waals surface area contributed by atoms with Crippen LogP contribution in [0.1, 0.15) is 38.4 Å². The number of hydrogen-bond acceptors (Lipinski definition) is 5. The molecule has 0 aromatic carbocycles. The van der Waals surface area contributed by atoms with Crippen LogP contribution in [0.15, 0.2) is 42.4 Å². The van der Waals surface area contributed by atoms with Crippen molar-refractivity contribution in [3.05, 3.63) is 53.6 Å². The highest BCUT2D eigenvalue weighted by atomic mass is 16.1. The SMILES string of the molecule is CC1(C)C(=O)C(C#N)=C[C@]2(C)c3nc(-c4ccncc4)ncc3CC[C@@H]12. The van der Waals surface area contributed by atoms with Gasteiger partial charge in [-0.1, -0.05) is 26.8 Å². The van der Waals surface area contributed by atoms with E-state index in [-0.39, 0.29) is 17.3 Å².